The van der Waals surface area contributed by atoms with Gasteiger partial charge in [0.2, 0.25) is 0 Å². The number of alkyl halides is 3. The topological polar surface area (TPSA) is 25.2 Å². The van der Waals surface area contributed by atoms with Crippen LogP contribution in [0.15, 0.2) is 42.5 Å². The molecule has 3 nitrogen and oxygen atoms in total. The molecule has 0 N–H and O–H groups in total. The average Bonchev–Trinajstić information content (AvgIpc) is 3.02. The lowest BCUT2D eigenvalue weighted by molar-refractivity contribution is -0.137. The number of halogens is 3. The Morgan fingerprint density at radius 2 is 1.93 bits per heavy atom. The maximum absolute atomic E-state index is 13.2. The molecule has 0 radical (unpaired) electrons. The molecular formula is C23H21F3N2O. The molecule has 5 rings (SSSR count). The first-order valence-corrected chi connectivity index (χ1v) is 9.94. The number of nitrogens with zero attached hydrogens (tertiary/aromatic N) is 2. The third-order valence-corrected chi connectivity index (χ3v) is 6.23. The largest absolute Gasteiger partial charge is 0.416 e. The lowest BCUT2D eigenvalue weighted by atomic mass is 9.89. The number of benzene rings is 2. The number of carbonyl (C=O) groups excluding carboxylic acids is 1. The van der Waals surface area contributed by atoms with Gasteiger partial charge in [-0.1, -0.05) is 17.7 Å². The van der Waals surface area contributed by atoms with Gasteiger partial charge in [0.1, 0.15) is 0 Å². The van der Waals surface area contributed by atoms with Crippen LogP contribution in [0.4, 0.5) is 13.2 Å². The van der Waals surface area contributed by atoms with Crippen molar-refractivity contribution in [1.82, 2.24) is 9.47 Å². The van der Waals surface area contributed by atoms with E-state index in [0.717, 1.165) is 31.4 Å². The molecule has 1 aliphatic heterocycles. The highest BCUT2D eigenvalue weighted by atomic mass is 19.4. The van der Waals surface area contributed by atoms with Gasteiger partial charge in [-0.05, 0) is 62.1 Å². The molecule has 0 unspecified atom stereocenters. The molecule has 1 aliphatic carbocycles. The zero-order valence-electron chi connectivity index (χ0n) is 16.1. The van der Waals surface area contributed by atoms with Crippen LogP contribution in [0.5, 0.6) is 0 Å². The van der Waals surface area contributed by atoms with Gasteiger partial charge in [-0.3, -0.25) is 4.79 Å². The van der Waals surface area contributed by atoms with Crippen LogP contribution < -0.4 is 0 Å². The molecule has 1 aromatic heterocycles. The van der Waals surface area contributed by atoms with Crippen molar-refractivity contribution in [2.24, 2.45) is 0 Å². The third-order valence-electron chi connectivity index (χ3n) is 6.23. The second-order valence-corrected chi connectivity index (χ2v) is 8.02. The Kier molecular flexibility index (Phi) is 4.02. The number of carbonyl (C=O) groups is 1. The van der Waals surface area contributed by atoms with E-state index in [2.05, 4.69) is 29.7 Å². The number of hydrogen-bond acceptors (Lipinski definition) is 1. The SMILES string of the molecule is Cc1ccc2c(c1)c1c3n2CCN(C(=O)c2cccc(C(F)(F)F)c2)[C@@H]3CCC1. The number of hydrogen-bond donors (Lipinski definition) is 0. The van der Waals surface area contributed by atoms with Crippen LogP contribution in [0.25, 0.3) is 10.9 Å². The molecule has 1 amide bonds. The lowest BCUT2D eigenvalue weighted by Gasteiger charge is -2.40. The van der Waals surface area contributed by atoms with Crippen molar-refractivity contribution in [3.63, 3.8) is 0 Å². The molecule has 0 saturated heterocycles. The van der Waals surface area contributed by atoms with Gasteiger partial charge in [0.15, 0.2) is 0 Å². The van der Waals surface area contributed by atoms with E-state index in [0.29, 0.717) is 13.1 Å². The fourth-order valence-electron chi connectivity index (χ4n) is 4.96. The average molecular weight is 398 g/mol. The second-order valence-electron chi connectivity index (χ2n) is 8.02. The van der Waals surface area contributed by atoms with Gasteiger partial charge in [0, 0.05) is 35.2 Å². The Morgan fingerprint density at radius 3 is 2.72 bits per heavy atom. The smallest absolute Gasteiger partial charge is 0.341 e. The number of aryl methyl sites for hydroxylation is 2. The van der Waals surface area contributed by atoms with Gasteiger partial charge < -0.3 is 9.47 Å². The molecule has 3 aromatic rings. The Labute approximate surface area is 166 Å². The molecule has 150 valence electrons. The van der Waals surface area contributed by atoms with Crippen LogP contribution in [0.2, 0.25) is 0 Å². The van der Waals surface area contributed by atoms with E-state index >= 15 is 0 Å². The molecule has 0 bridgehead atoms. The van der Waals surface area contributed by atoms with Crippen molar-refractivity contribution in [3.05, 3.63) is 70.4 Å². The lowest BCUT2D eigenvalue weighted by Crippen LogP contribution is -2.43. The van der Waals surface area contributed by atoms with Crippen LogP contribution in [0, 0.1) is 6.92 Å². The van der Waals surface area contributed by atoms with E-state index in [-0.39, 0.29) is 17.5 Å². The van der Waals surface area contributed by atoms with Crippen molar-refractivity contribution in [1.29, 1.82) is 0 Å². The summed E-state index contributed by atoms with van der Waals surface area (Å²) in [5.74, 6) is -0.318. The van der Waals surface area contributed by atoms with Crippen LogP contribution >= 0.6 is 0 Å². The van der Waals surface area contributed by atoms with Crippen molar-refractivity contribution in [2.45, 2.75) is 44.9 Å². The zero-order valence-corrected chi connectivity index (χ0v) is 16.1. The molecule has 2 heterocycles. The van der Waals surface area contributed by atoms with Crippen molar-refractivity contribution < 1.29 is 18.0 Å². The van der Waals surface area contributed by atoms with Crippen molar-refractivity contribution in [3.8, 4) is 0 Å². The van der Waals surface area contributed by atoms with Crippen molar-refractivity contribution in [2.75, 3.05) is 6.54 Å². The standard InChI is InChI=1S/C23H21F3N2O/c1-14-8-9-19-18(12-14)17-6-3-7-20-21(17)27(19)10-11-28(20)22(29)15-4-2-5-16(13-15)23(24,25)26/h2,4-5,8-9,12-13,20H,3,6-7,10-11H2,1H3/t20-/m1/s1. The molecule has 0 fully saturated rings. The molecular weight excluding hydrogens is 377 g/mol. The molecule has 2 aromatic carbocycles. The summed E-state index contributed by atoms with van der Waals surface area (Å²) in [6.07, 6.45) is -1.67. The highest BCUT2D eigenvalue weighted by molar-refractivity contribution is 5.95. The van der Waals surface area contributed by atoms with Gasteiger partial charge in [0.05, 0.1) is 11.6 Å². The van der Waals surface area contributed by atoms with E-state index in [1.165, 1.54) is 39.9 Å². The van der Waals surface area contributed by atoms with E-state index in [1.54, 1.807) is 4.90 Å². The first-order valence-electron chi connectivity index (χ1n) is 9.94. The van der Waals surface area contributed by atoms with Gasteiger partial charge in [-0.25, -0.2) is 0 Å². The minimum Gasteiger partial charge on any atom is -0.341 e. The number of fused-ring (bicyclic) bond motifs is 3. The highest BCUT2D eigenvalue weighted by Gasteiger charge is 2.38. The minimum absolute atomic E-state index is 0.0813. The van der Waals surface area contributed by atoms with Gasteiger partial charge in [-0.15, -0.1) is 0 Å². The van der Waals surface area contributed by atoms with E-state index < -0.39 is 11.7 Å². The molecule has 0 saturated carbocycles. The monoisotopic (exact) mass is 398 g/mol. The van der Waals surface area contributed by atoms with E-state index in [9.17, 15) is 18.0 Å². The summed E-state index contributed by atoms with van der Waals surface area (Å²) in [5.41, 5.74) is 4.18. The molecule has 2 aliphatic rings. The first kappa shape index (κ1) is 18.3. The van der Waals surface area contributed by atoms with Gasteiger partial charge in [0.25, 0.3) is 5.91 Å². The predicted molar refractivity (Wildman–Crippen MR) is 105 cm³/mol. The quantitative estimate of drug-likeness (QED) is 0.531. The fraction of sp³-hybridized carbons (Fsp3) is 0.348. The van der Waals surface area contributed by atoms with Crippen LogP contribution in [0.1, 0.15) is 51.6 Å². The molecule has 1 atom stereocenters. The summed E-state index contributed by atoms with van der Waals surface area (Å²) in [5, 5.41) is 1.25. The van der Waals surface area contributed by atoms with E-state index in [1.807, 2.05) is 0 Å². The normalized spacial score (nSPS) is 18.8. The zero-order chi connectivity index (χ0) is 20.3. The Hall–Kier alpha value is -2.76. The highest BCUT2D eigenvalue weighted by Crippen LogP contribution is 2.43. The number of rotatable bonds is 1. The number of aromatic nitrogens is 1. The fourth-order valence-corrected chi connectivity index (χ4v) is 4.96. The summed E-state index contributed by atoms with van der Waals surface area (Å²) in [7, 11) is 0. The maximum Gasteiger partial charge on any atom is 0.416 e. The summed E-state index contributed by atoms with van der Waals surface area (Å²) < 4.78 is 41.6. The predicted octanol–water partition coefficient (Wildman–Crippen LogP) is 5.50. The van der Waals surface area contributed by atoms with Gasteiger partial charge >= 0.3 is 6.18 Å². The summed E-state index contributed by atoms with van der Waals surface area (Å²) in [6.45, 7) is 3.24. The second kappa shape index (κ2) is 6.37. The third kappa shape index (κ3) is 2.84. The Balaban J connectivity index is 1.57. The maximum atomic E-state index is 13.2. The van der Waals surface area contributed by atoms with Gasteiger partial charge in [-0.2, -0.15) is 13.2 Å². The molecule has 0 spiro atoms. The minimum atomic E-state index is -4.46. The molecule has 29 heavy (non-hydrogen) atoms. The first-order chi connectivity index (χ1) is 13.8. The van der Waals surface area contributed by atoms with Crippen molar-refractivity contribution >= 4 is 16.8 Å². The summed E-state index contributed by atoms with van der Waals surface area (Å²) >= 11 is 0. The van der Waals surface area contributed by atoms with Crippen LogP contribution in [-0.4, -0.2) is 21.9 Å². The van der Waals surface area contributed by atoms with Crippen LogP contribution in [0.3, 0.4) is 0 Å². The number of amides is 1. The Bertz CT molecular complexity index is 1130. The summed E-state index contributed by atoms with van der Waals surface area (Å²) in [6, 6.07) is 11.1. The summed E-state index contributed by atoms with van der Waals surface area (Å²) in [4.78, 5) is 15.0. The molecule has 6 heteroatoms. The van der Waals surface area contributed by atoms with E-state index in [4.69, 9.17) is 0 Å². The Morgan fingerprint density at radius 1 is 1.10 bits per heavy atom. The van der Waals surface area contributed by atoms with Crippen LogP contribution in [-0.2, 0) is 19.1 Å².